The number of amides is 1. The van der Waals surface area contributed by atoms with Gasteiger partial charge in [-0.3, -0.25) is 9.59 Å². The molecule has 0 aliphatic carbocycles. The molecule has 0 aliphatic rings. The number of unbranched alkanes of at least 4 members (excludes halogenated alkanes) is 44. The van der Waals surface area contributed by atoms with Gasteiger partial charge in [0, 0.05) is 12.8 Å². The van der Waals surface area contributed by atoms with Crippen molar-refractivity contribution >= 4 is 11.9 Å². The Morgan fingerprint density at radius 1 is 0.394 bits per heavy atom. The van der Waals surface area contributed by atoms with Crippen molar-refractivity contribution in [1.29, 1.82) is 0 Å². The van der Waals surface area contributed by atoms with Crippen LogP contribution in [0.15, 0.2) is 36.5 Å². The van der Waals surface area contributed by atoms with Crippen molar-refractivity contribution in [2.75, 3.05) is 13.2 Å². The first-order chi connectivity index (χ1) is 35.0. The minimum atomic E-state index is -0.848. The molecule has 0 radical (unpaired) electrons. The first-order valence-electron chi connectivity index (χ1n) is 31.8. The number of nitrogens with one attached hydrogen (secondary N) is 1. The van der Waals surface area contributed by atoms with Gasteiger partial charge < -0.3 is 20.3 Å². The zero-order valence-electron chi connectivity index (χ0n) is 47.7. The SMILES string of the molecule is CCCCCC/C=C\C/C=C\CCCCCCCCCC(=O)OCCCCCCCCCCCCCCCCCCCCC(=O)NC(CO)C(O)/C=C/CCCCCCCCCCCCCCCCCC. The van der Waals surface area contributed by atoms with E-state index < -0.39 is 12.1 Å². The van der Waals surface area contributed by atoms with Gasteiger partial charge in [0.25, 0.3) is 0 Å². The molecular formula is C65H123NO5. The van der Waals surface area contributed by atoms with Crippen LogP contribution in [0, 0.1) is 0 Å². The van der Waals surface area contributed by atoms with Gasteiger partial charge in [0.15, 0.2) is 0 Å². The molecule has 0 bridgehead atoms. The number of rotatable bonds is 59. The van der Waals surface area contributed by atoms with E-state index in [0.29, 0.717) is 19.4 Å². The third-order valence-electron chi connectivity index (χ3n) is 14.7. The molecule has 71 heavy (non-hydrogen) atoms. The number of carbonyl (C=O) groups excluding carboxylic acids is 2. The highest BCUT2D eigenvalue weighted by Crippen LogP contribution is 2.17. The molecule has 0 spiro atoms. The number of allylic oxidation sites excluding steroid dienone is 5. The van der Waals surface area contributed by atoms with Gasteiger partial charge in [0.1, 0.15) is 0 Å². The smallest absolute Gasteiger partial charge is 0.305 e. The Balaban J connectivity index is 3.43. The summed E-state index contributed by atoms with van der Waals surface area (Å²) in [7, 11) is 0. The van der Waals surface area contributed by atoms with Gasteiger partial charge in [-0.1, -0.05) is 301 Å². The average Bonchev–Trinajstić information content (AvgIpc) is 3.37. The molecule has 0 fully saturated rings. The van der Waals surface area contributed by atoms with Gasteiger partial charge in [-0.25, -0.2) is 0 Å². The quantitative estimate of drug-likeness (QED) is 0.0321. The Labute approximate surface area is 443 Å². The highest BCUT2D eigenvalue weighted by atomic mass is 16.5. The summed E-state index contributed by atoms with van der Waals surface area (Å²) in [4.78, 5) is 24.6. The summed E-state index contributed by atoms with van der Waals surface area (Å²) in [6.45, 7) is 4.90. The predicted octanol–water partition coefficient (Wildman–Crippen LogP) is 20.0. The van der Waals surface area contributed by atoms with Crippen molar-refractivity contribution in [1.82, 2.24) is 5.32 Å². The van der Waals surface area contributed by atoms with E-state index in [2.05, 4.69) is 43.5 Å². The number of hydrogen-bond acceptors (Lipinski definition) is 5. The Kier molecular flexibility index (Phi) is 59.0. The molecule has 6 nitrogen and oxygen atoms in total. The van der Waals surface area contributed by atoms with Crippen molar-refractivity contribution in [3.63, 3.8) is 0 Å². The second kappa shape index (κ2) is 60.6. The Morgan fingerprint density at radius 3 is 1.08 bits per heavy atom. The summed E-state index contributed by atoms with van der Waals surface area (Å²) in [5.74, 6) is -0.0705. The van der Waals surface area contributed by atoms with Gasteiger partial charge in [-0.2, -0.15) is 0 Å². The summed E-state index contributed by atoms with van der Waals surface area (Å²) in [5.41, 5.74) is 0. The molecule has 0 saturated heterocycles. The van der Waals surface area contributed by atoms with Gasteiger partial charge in [-0.15, -0.1) is 0 Å². The standard InChI is InChI=1S/C65H123NO5/c1-3-5-7-9-11-13-15-17-19-21-25-29-33-37-41-45-49-53-57-63(68)62(61-67)66-64(69)58-54-50-46-42-38-34-30-26-23-24-28-32-36-40-44-48-52-56-60-71-65(70)59-55-51-47-43-39-35-31-27-22-20-18-16-14-12-10-8-6-4-2/h14,16,20,22,53,57,62-63,67-68H,3-13,15,17-19,21,23-52,54-56,58-61H2,1-2H3,(H,66,69)/b16-14-,22-20-,57-53+. The molecule has 0 aromatic heterocycles. The highest BCUT2D eigenvalue weighted by Gasteiger charge is 2.18. The zero-order valence-corrected chi connectivity index (χ0v) is 47.7. The Bertz CT molecular complexity index is 1150. The number of esters is 1. The molecular weight excluding hydrogens is 875 g/mol. The second-order valence-electron chi connectivity index (χ2n) is 21.7. The van der Waals surface area contributed by atoms with Crippen molar-refractivity contribution < 1.29 is 24.5 Å². The lowest BCUT2D eigenvalue weighted by Crippen LogP contribution is -2.45. The van der Waals surface area contributed by atoms with Crippen LogP contribution in [0.1, 0.15) is 341 Å². The zero-order chi connectivity index (χ0) is 51.4. The van der Waals surface area contributed by atoms with Crippen LogP contribution in [0.3, 0.4) is 0 Å². The fraction of sp³-hybridized carbons (Fsp3) is 0.877. The number of hydrogen-bond donors (Lipinski definition) is 3. The molecule has 0 heterocycles. The van der Waals surface area contributed by atoms with E-state index in [9.17, 15) is 19.8 Å². The highest BCUT2D eigenvalue weighted by molar-refractivity contribution is 5.76. The summed E-state index contributed by atoms with van der Waals surface area (Å²) in [5, 5.41) is 23.2. The molecule has 418 valence electrons. The van der Waals surface area contributed by atoms with E-state index in [0.717, 1.165) is 51.4 Å². The molecule has 0 rings (SSSR count). The first-order valence-corrected chi connectivity index (χ1v) is 31.8. The predicted molar refractivity (Wildman–Crippen MR) is 310 cm³/mol. The maximum Gasteiger partial charge on any atom is 0.305 e. The fourth-order valence-corrected chi connectivity index (χ4v) is 9.78. The average molecular weight is 999 g/mol. The fourth-order valence-electron chi connectivity index (χ4n) is 9.78. The summed E-state index contributed by atoms with van der Waals surface area (Å²) < 4.78 is 5.49. The normalized spacial score (nSPS) is 12.8. The van der Waals surface area contributed by atoms with E-state index in [-0.39, 0.29) is 18.5 Å². The number of carbonyl (C=O) groups is 2. The number of aliphatic hydroxyl groups excluding tert-OH is 2. The summed E-state index contributed by atoms with van der Waals surface area (Å²) >= 11 is 0. The van der Waals surface area contributed by atoms with Crippen molar-refractivity contribution in [2.45, 2.75) is 353 Å². The van der Waals surface area contributed by atoms with E-state index in [1.54, 1.807) is 6.08 Å². The minimum absolute atomic E-state index is 0.000534. The third-order valence-corrected chi connectivity index (χ3v) is 14.7. The van der Waals surface area contributed by atoms with Crippen molar-refractivity contribution in [3.05, 3.63) is 36.5 Å². The Morgan fingerprint density at radius 2 is 0.704 bits per heavy atom. The molecule has 1 amide bonds. The van der Waals surface area contributed by atoms with Gasteiger partial charge >= 0.3 is 5.97 Å². The number of aliphatic hydroxyl groups is 2. The van der Waals surface area contributed by atoms with Gasteiger partial charge in [-0.05, 0) is 64.2 Å². The van der Waals surface area contributed by atoms with E-state index >= 15 is 0 Å². The van der Waals surface area contributed by atoms with Gasteiger partial charge in [0.05, 0.1) is 25.4 Å². The Hall–Kier alpha value is -1.92. The first kappa shape index (κ1) is 69.1. The second-order valence-corrected chi connectivity index (χ2v) is 21.7. The lowest BCUT2D eigenvalue weighted by molar-refractivity contribution is -0.143. The lowest BCUT2D eigenvalue weighted by Gasteiger charge is -2.20. The van der Waals surface area contributed by atoms with Crippen LogP contribution in [0.25, 0.3) is 0 Å². The molecule has 2 atom stereocenters. The van der Waals surface area contributed by atoms with Crippen molar-refractivity contribution in [3.8, 4) is 0 Å². The molecule has 2 unspecified atom stereocenters. The van der Waals surface area contributed by atoms with E-state index in [1.807, 2.05) is 6.08 Å². The third kappa shape index (κ3) is 57.2. The van der Waals surface area contributed by atoms with Crippen LogP contribution in [-0.4, -0.2) is 47.4 Å². The lowest BCUT2D eigenvalue weighted by atomic mass is 10.0. The maximum atomic E-state index is 12.5. The molecule has 3 N–H and O–H groups in total. The molecule has 0 aliphatic heterocycles. The van der Waals surface area contributed by atoms with E-state index in [4.69, 9.17) is 4.74 Å². The topological polar surface area (TPSA) is 95.9 Å². The largest absolute Gasteiger partial charge is 0.466 e. The van der Waals surface area contributed by atoms with Gasteiger partial charge in [0.2, 0.25) is 5.91 Å². The monoisotopic (exact) mass is 998 g/mol. The molecule has 0 aromatic carbocycles. The molecule has 6 heteroatoms. The molecule has 0 aromatic rings. The number of ether oxygens (including phenoxy) is 1. The van der Waals surface area contributed by atoms with Crippen LogP contribution in [0.4, 0.5) is 0 Å². The van der Waals surface area contributed by atoms with Crippen LogP contribution in [0.5, 0.6) is 0 Å². The molecule has 0 saturated carbocycles. The maximum absolute atomic E-state index is 12.5. The van der Waals surface area contributed by atoms with Crippen LogP contribution < -0.4 is 5.32 Å². The van der Waals surface area contributed by atoms with E-state index in [1.165, 1.54) is 263 Å². The van der Waals surface area contributed by atoms with Crippen LogP contribution in [-0.2, 0) is 14.3 Å². The van der Waals surface area contributed by atoms with Crippen LogP contribution in [0.2, 0.25) is 0 Å². The van der Waals surface area contributed by atoms with Crippen molar-refractivity contribution in [2.24, 2.45) is 0 Å². The van der Waals surface area contributed by atoms with Crippen LogP contribution >= 0.6 is 0 Å². The summed E-state index contributed by atoms with van der Waals surface area (Å²) in [6.07, 6.45) is 76.1. The minimum Gasteiger partial charge on any atom is -0.466 e. The summed E-state index contributed by atoms with van der Waals surface area (Å²) in [6, 6.07) is -0.632.